The van der Waals surface area contributed by atoms with Gasteiger partial charge in [-0.3, -0.25) is 4.79 Å². The molecular formula is C21H33N3O3Si. The lowest BCUT2D eigenvalue weighted by atomic mass is 9.78. The lowest BCUT2D eigenvalue weighted by molar-refractivity contribution is -0.129. The van der Waals surface area contributed by atoms with Gasteiger partial charge in [0, 0.05) is 18.5 Å². The third-order valence-electron chi connectivity index (χ3n) is 6.82. The molecule has 0 spiro atoms. The summed E-state index contributed by atoms with van der Waals surface area (Å²) in [5.74, 6) is 0.665. The van der Waals surface area contributed by atoms with E-state index in [1.54, 1.807) is 0 Å². The molecule has 2 unspecified atom stereocenters. The Kier molecular flexibility index (Phi) is 5.60. The van der Waals surface area contributed by atoms with Crippen LogP contribution in [0.15, 0.2) is 23.4 Å². The van der Waals surface area contributed by atoms with Gasteiger partial charge in [-0.25, -0.2) is 0 Å². The Hall–Kier alpha value is -1.86. The average molecular weight is 404 g/mol. The van der Waals surface area contributed by atoms with Crippen molar-refractivity contribution in [1.82, 2.24) is 4.90 Å². The van der Waals surface area contributed by atoms with Crippen molar-refractivity contribution in [1.29, 1.82) is 0 Å². The first kappa shape index (κ1) is 20.9. The summed E-state index contributed by atoms with van der Waals surface area (Å²) in [6.07, 6.45) is 2.39. The molecule has 6 nitrogen and oxygen atoms in total. The van der Waals surface area contributed by atoms with Gasteiger partial charge in [-0.1, -0.05) is 44.1 Å². The third kappa shape index (κ3) is 3.69. The lowest BCUT2D eigenvalue weighted by Gasteiger charge is -2.38. The van der Waals surface area contributed by atoms with E-state index in [9.17, 15) is 4.79 Å². The molecule has 1 saturated heterocycles. The molecule has 2 atom stereocenters. The zero-order chi connectivity index (χ0) is 20.7. The fourth-order valence-electron chi connectivity index (χ4n) is 4.21. The summed E-state index contributed by atoms with van der Waals surface area (Å²) in [4.78, 5) is 14.8. The Morgan fingerprint density at radius 1 is 1.39 bits per heavy atom. The highest BCUT2D eigenvalue weighted by atomic mass is 28.4. The van der Waals surface area contributed by atoms with Crippen LogP contribution in [0, 0.1) is 5.92 Å². The molecule has 2 aliphatic rings. The number of hydrogen-bond donors (Lipinski definition) is 2. The Morgan fingerprint density at radius 2 is 2.11 bits per heavy atom. The zero-order valence-electron chi connectivity index (χ0n) is 17.7. The van der Waals surface area contributed by atoms with Gasteiger partial charge in [0.05, 0.1) is 12.6 Å². The van der Waals surface area contributed by atoms with Crippen LogP contribution in [0.1, 0.15) is 56.3 Å². The van der Waals surface area contributed by atoms with Gasteiger partial charge in [0.2, 0.25) is 5.91 Å². The predicted octanol–water partition coefficient (Wildman–Crippen LogP) is 3.64. The minimum absolute atomic E-state index is 0.0608. The Labute approximate surface area is 168 Å². The Bertz CT molecular complexity index is 786. The van der Waals surface area contributed by atoms with Crippen LogP contribution < -0.4 is 5.73 Å². The molecule has 3 rings (SSSR count). The van der Waals surface area contributed by atoms with Crippen molar-refractivity contribution in [3.63, 3.8) is 0 Å². The van der Waals surface area contributed by atoms with Gasteiger partial charge in [0.1, 0.15) is 0 Å². The van der Waals surface area contributed by atoms with Crippen LogP contribution in [0.25, 0.3) is 0 Å². The normalized spacial score (nSPS) is 23.0. The topological polar surface area (TPSA) is 88.2 Å². The highest BCUT2D eigenvalue weighted by Gasteiger charge is 2.44. The fraction of sp³-hybridized carbons (Fsp3) is 0.619. The average Bonchev–Trinajstić information content (AvgIpc) is 2.95. The summed E-state index contributed by atoms with van der Waals surface area (Å²) in [7, 11) is -1.84. The van der Waals surface area contributed by atoms with Gasteiger partial charge < -0.3 is 20.3 Å². The molecule has 1 amide bonds. The van der Waals surface area contributed by atoms with Gasteiger partial charge in [-0.05, 0) is 48.0 Å². The summed E-state index contributed by atoms with van der Waals surface area (Å²) >= 11 is 0. The predicted molar refractivity (Wildman–Crippen MR) is 113 cm³/mol. The molecule has 1 heterocycles. The van der Waals surface area contributed by atoms with Gasteiger partial charge in [-0.2, -0.15) is 0 Å². The molecule has 3 N–H and O–H groups in total. The molecule has 1 fully saturated rings. The lowest BCUT2D eigenvalue weighted by Crippen LogP contribution is -2.43. The third-order valence-corrected chi connectivity index (χ3v) is 11.4. The number of benzene rings is 1. The van der Waals surface area contributed by atoms with Gasteiger partial charge in [0.25, 0.3) is 0 Å². The number of amides is 1. The van der Waals surface area contributed by atoms with Crippen LogP contribution in [0.2, 0.25) is 18.1 Å². The number of likely N-dealkylation sites (tertiary alicyclic amines) is 1. The second-order valence-electron chi connectivity index (χ2n) is 9.50. The number of hydrogen-bond acceptors (Lipinski definition) is 4. The number of carbonyl (C=O) groups is 1. The van der Waals surface area contributed by atoms with E-state index in [4.69, 9.17) is 15.4 Å². The summed E-state index contributed by atoms with van der Waals surface area (Å²) in [5, 5.41) is 12.5. The van der Waals surface area contributed by atoms with E-state index in [1.165, 1.54) is 0 Å². The number of nitrogens with two attached hydrogens (primary N) is 1. The van der Waals surface area contributed by atoms with E-state index in [1.807, 2.05) is 17.0 Å². The number of nitrogens with zero attached hydrogens (tertiary/aromatic N) is 2. The molecule has 1 aliphatic heterocycles. The zero-order valence-corrected chi connectivity index (χ0v) is 18.7. The van der Waals surface area contributed by atoms with E-state index >= 15 is 0 Å². The maximum Gasteiger partial charge on any atom is 0.223 e. The monoisotopic (exact) mass is 403 g/mol. The fourth-order valence-corrected chi connectivity index (χ4v) is 5.24. The summed E-state index contributed by atoms with van der Waals surface area (Å²) in [6.45, 7) is 12.3. The van der Waals surface area contributed by atoms with Crippen molar-refractivity contribution in [3.8, 4) is 0 Å². The van der Waals surface area contributed by atoms with Gasteiger partial charge in [-0.15, -0.1) is 0 Å². The molecule has 1 aliphatic carbocycles. The maximum atomic E-state index is 12.8. The molecule has 154 valence electrons. The van der Waals surface area contributed by atoms with E-state index in [0.29, 0.717) is 25.5 Å². The standard InChI is InChI=1S/C21H33N3O3Si/c1-21(2,3)28(4,5)27-12-11-24-18(25)13-14-9-10-15-16(19(14)24)7-6-8-17(15)20(22)23-26/h6-8,14,19,26H,9-13H2,1-5H3,(H2,22,23). The number of oxime groups is 1. The molecule has 0 aromatic heterocycles. The quantitative estimate of drug-likeness (QED) is 0.258. The van der Waals surface area contributed by atoms with Crippen LogP contribution in [0.3, 0.4) is 0 Å². The van der Waals surface area contributed by atoms with Crippen molar-refractivity contribution >= 4 is 20.1 Å². The molecule has 0 bridgehead atoms. The molecule has 7 heteroatoms. The number of rotatable bonds is 5. The molecular weight excluding hydrogens is 370 g/mol. The first-order valence-corrected chi connectivity index (χ1v) is 13.0. The van der Waals surface area contributed by atoms with Crippen LogP contribution in [0.5, 0.6) is 0 Å². The Balaban J connectivity index is 1.82. The van der Waals surface area contributed by atoms with Crippen LogP contribution in [-0.4, -0.2) is 43.3 Å². The van der Waals surface area contributed by atoms with Crippen molar-refractivity contribution < 1.29 is 14.4 Å². The van der Waals surface area contributed by atoms with Crippen LogP contribution in [0.4, 0.5) is 0 Å². The van der Waals surface area contributed by atoms with E-state index < -0.39 is 8.32 Å². The maximum absolute atomic E-state index is 12.8. The molecule has 1 aromatic carbocycles. The highest BCUT2D eigenvalue weighted by molar-refractivity contribution is 6.74. The minimum Gasteiger partial charge on any atom is -0.415 e. The highest BCUT2D eigenvalue weighted by Crippen LogP contribution is 2.46. The number of amidine groups is 1. The summed E-state index contributed by atoms with van der Waals surface area (Å²) in [6, 6.07) is 5.96. The van der Waals surface area contributed by atoms with Crippen molar-refractivity contribution in [2.24, 2.45) is 16.8 Å². The van der Waals surface area contributed by atoms with Crippen LogP contribution >= 0.6 is 0 Å². The second kappa shape index (κ2) is 7.52. The van der Waals surface area contributed by atoms with Gasteiger partial charge >= 0.3 is 0 Å². The van der Waals surface area contributed by atoms with Crippen molar-refractivity contribution in [2.45, 2.75) is 64.2 Å². The van der Waals surface area contributed by atoms with Crippen LogP contribution in [-0.2, 0) is 15.6 Å². The molecule has 1 aromatic rings. The van der Waals surface area contributed by atoms with Gasteiger partial charge in [0.15, 0.2) is 14.2 Å². The minimum atomic E-state index is -1.84. The Morgan fingerprint density at radius 3 is 2.75 bits per heavy atom. The molecule has 0 radical (unpaired) electrons. The second-order valence-corrected chi connectivity index (χ2v) is 14.3. The van der Waals surface area contributed by atoms with Crippen molar-refractivity contribution in [2.75, 3.05) is 13.2 Å². The number of carbonyl (C=O) groups excluding carboxylic acids is 1. The van der Waals surface area contributed by atoms with E-state index in [2.05, 4.69) is 45.1 Å². The van der Waals surface area contributed by atoms with E-state index in [-0.39, 0.29) is 22.8 Å². The first-order valence-electron chi connectivity index (χ1n) is 10.1. The molecule has 0 saturated carbocycles. The molecule has 28 heavy (non-hydrogen) atoms. The van der Waals surface area contributed by atoms with Crippen molar-refractivity contribution in [3.05, 3.63) is 34.9 Å². The largest absolute Gasteiger partial charge is 0.415 e. The smallest absolute Gasteiger partial charge is 0.223 e. The SMILES string of the molecule is CC(C)(C)[Si](C)(C)OCCN1C(=O)CC2CCc3c(C(N)=NO)cccc3C21. The van der Waals surface area contributed by atoms with E-state index in [0.717, 1.165) is 29.5 Å². The number of fused-ring (bicyclic) bond motifs is 3. The summed E-state index contributed by atoms with van der Waals surface area (Å²) in [5.41, 5.74) is 8.90. The first-order chi connectivity index (χ1) is 13.1. The summed E-state index contributed by atoms with van der Waals surface area (Å²) < 4.78 is 6.32.